The van der Waals surface area contributed by atoms with Crippen LogP contribution in [0.4, 0.5) is 14.9 Å². The molecule has 0 bridgehead atoms. The molecular formula is C12H13FN2O2. The standard InChI is InChI=1S/C12H13FN2O2/c1-12(2,3)17-11(16)15-10-5-8(7-14)4-9(13)6-10/h4-6H,1-3H3,(H,15,16). The molecule has 1 amide bonds. The first-order chi connectivity index (χ1) is 7.80. The zero-order valence-corrected chi connectivity index (χ0v) is 9.87. The fourth-order valence-electron chi connectivity index (χ4n) is 1.15. The Bertz CT molecular complexity index is 472. The third-order valence-electron chi connectivity index (χ3n) is 1.67. The second-order valence-corrected chi connectivity index (χ2v) is 4.47. The lowest BCUT2D eigenvalue weighted by Gasteiger charge is -2.19. The smallest absolute Gasteiger partial charge is 0.412 e. The van der Waals surface area contributed by atoms with E-state index in [2.05, 4.69) is 5.32 Å². The fourth-order valence-corrected chi connectivity index (χ4v) is 1.15. The molecule has 17 heavy (non-hydrogen) atoms. The van der Waals surface area contributed by atoms with Gasteiger partial charge in [-0.1, -0.05) is 0 Å². The lowest BCUT2D eigenvalue weighted by atomic mass is 10.2. The molecule has 0 saturated carbocycles. The molecule has 90 valence electrons. The van der Waals surface area contributed by atoms with Crippen LogP contribution in [0.1, 0.15) is 26.3 Å². The first kappa shape index (κ1) is 13.0. The topological polar surface area (TPSA) is 62.1 Å². The Kier molecular flexibility index (Phi) is 3.69. The predicted molar refractivity (Wildman–Crippen MR) is 61.0 cm³/mol. The summed E-state index contributed by atoms with van der Waals surface area (Å²) in [6.45, 7) is 5.16. The monoisotopic (exact) mass is 236 g/mol. The molecule has 0 radical (unpaired) electrons. The number of rotatable bonds is 1. The highest BCUT2D eigenvalue weighted by atomic mass is 19.1. The molecule has 1 aromatic rings. The van der Waals surface area contributed by atoms with Gasteiger partial charge in [0.05, 0.1) is 11.6 Å². The maximum absolute atomic E-state index is 13.1. The van der Waals surface area contributed by atoms with Crippen molar-refractivity contribution in [3.05, 3.63) is 29.6 Å². The van der Waals surface area contributed by atoms with E-state index in [1.54, 1.807) is 26.8 Å². The Hall–Kier alpha value is -2.09. The first-order valence-electron chi connectivity index (χ1n) is 5.01. The van der Waals surface area contributed by atoms with E-state index >= 15 is 0 Å². The summed E-state index contributed by atoms with van der Waals surface area (Å²) in [4.78, 5) is 11.4. The maximum Gasteiger partial charge on any atom is 0.412 e. The zero-order chi connectivity index (χ0) is 13.1. The average molecular weight is 236 g/mol. The SMILES string of the molecule is CC(C)(C)OC(=O)Nc1cc(F)cc(C#N)c1. The van der Waals surface area contributed by atoms with E-state index in [1.165, 1.54) is 6.07 Å². The van der Waals surface area contributed by atoms with Gasteiger partial charge in [-0.3, -0.25) is 5.32 Å². The number of benzene rings is 1. The normalized spacial score (nSPS) is 10.5. The van der Waals surface area contributed by atoms with E-state index in [0.29, 0.717) is 0 Å². The molecule has 0 heterocycles. The summed E-state index contributed by atoms with van der Waals surface area (Å²) in [6.07, 6.45) is -0.688. The predicted octanol–water partition coefficient (Wildman–Crippen LogP) is 3.04. The van der Waals surface area contributed by atoms with Crippen molar-refractivity contribution < 1.29 is 13.9 Å². The number of carbonyl (C=O) groups excluding carboxylic acids is 1. The van der Waals surface area contributed by atoms with Crippen LogP contribution in [0.25, 0.3) is 0 Å². The van der Waals surface area contributed by atoms with Crippen molar-refractivity contribution in [2.24, 2.45) is 0 Å². The molecule has 0 unspecified atom stereocenters. The molecule has 0 fully saturated rings. The molecule has 1 aromatic carbocycles. The van der Waals surface area contributed by atoms with Crippen LogP contribution in [0.15, 0.2) is 18.2 Å². The summed E-state index contributed by atoms with van der Waals surface area (Å²) in [6, 6.07) is 5.37. The van der Waals surface area contributed by atoms with Crippen molar-refractivity contribution >= 4 is 11.8 Å². The quantitative estimate of drug-likeness (QED) is 0.815. The van der Waals surface area contributed by atoms with Crippen LogP contribution in [0, 0.1) is 17.1 Å². The van der Waals surface area contributed by atoms with Gasteiger partial charge in [0, 0.05) is 5.69 Å². The van der Waals surface area contributed by atoms with E-state index in [9.17, 15) is 9.18 Å². The van der Waals surface area contributed by atoms with Crippen LogP contribution in [-0.4, -0.2) is 11.7 Å². The van der Waals surface area contributed by atoms with Gasteiger partial charge in [-0.2, -0.15) is 5.26 Å². The van der Waals surface area contributed by atoms with E-state index in [0.717, 1.165) is 12.1 Å². The van der Waals surface area contributed by atoms with Crippen LogP contribution in [0.3, 0.4) is 0 Å². The van der Waals surface area contributed by atoms with Crippen LogP contribution >= 0.6 is 0 Å². The Morgan fingerprint density at radius 2 is 2.06 bits per heavy atom. The second kappa shape index (κ2) is 4.83. The molecule has 0 aromatic heterocycles. The summed E-state index contributed by atoms with van der Waals surface area (Å²) in [5, 5.41) is 11.0. The van der Waals surface area contributed by atoms with E-state index in [4.69, 9.17) is 10.00 Å². The minimum Gasteiger partial charge on any atom is -0.444 e. The van der Waals surface area contributed by atoms with E-state index < -0.39 is 17.5 Å². The Balaban J connectivity index is 2.79. The van der Waals surface area contributed by atoms with Gasteiger partial charge in [0.25, 0.3) is 0 Å². The van der Waals surface area contributed by atoms with Gasteiger partial charge in [-0.15, -0.1) is 0 Å². The van der Waals surface area contributed by atoms with Crippen LogP contribution < -0.4 is 5.32 Å². The van der Waals surface area contributed by atoms with Gasteiger partial charge >= 0.3 is 6.09 Å². The Labute approximate surface area is 99.0 Å². The molecule has 0 atom stereocenters. The zero-order valence-electron chi connectivity index (χ0n) is 9.87. The highest BCUT2D eigenvalue weighted by Gasteiger charge is 2.16. The van der Waals surface area contributed by atoms with Crippen molar-refractivity contribution in [2.75, 3.05) is 5.32 Å². The number of anilines is 1. The number of carbonyl (C=O) groups is 1. The minimum absolute atomic E-state index is 0.135. The summed E-state index contributed by atoms with van der Waals surface area (Å²) in [5.41, 5.74) is -0.304. The lowest BCUT2D eigenvalue weighted by molar-refractivity contribution is 0.0636. The van der Waals surface area contributed by atoms with Crippen molar-refractivity contribution in [3.8, 4) is 6.07 Å². The summed E-state index contributed by atoms with van der Waals surface area (Å²) < 4.78 is 18.1. The van der Waals surface area contributed by atoms with Crippen molar-refractivity contribution in [1.82, 2.24) is 0 Å². The van der Waals surface area contributed by atoms with Gasteiger partial charge in [-0.05, 0) is 39.0 Å². The highest BCUT2D eigenvalue weighted by molar-refractivity contribution is 5.85. The maximum atomic E-state index is 13.1. The molecule has 4 nitrogen and oxygen atoms in total. The number of hydrogen-bond acceptors (Lipinski definition) is 3. The molecule has 5 heteroatoms. The number of amides is 1. The number of nitrogens with one attached hydrogen (secondary N) is 1. The summed E-state index contributed by atoms with van der Waals surface area (Å²) in [7, 11) is 0. The van der Waals surface area contributed by atoms with Gasteiger partial charge in [0.15, 0.2) is 0 Å². The van der Waals surface area contributed by atoms with Crippen molar-refractivity contribution in [3.63, 3.8) is 0 Å². The van der Waals surface area contributed by atoms with E-state index in [1.807, 2.05) is 0 Å². The molecule has 0 spiro atoms. The minimum atomic E-state index is -0.688. The van der Waals surface area contributed by atoms with Gasteiger partial charge in [-0.25, -0.2) is 9.18 Å². The molecule has 0 aliphatic rings. The summed E-state index contributed by atoms with van der Waals surface area (Å²) in [5.74, 6) is -0.588. The van der Waals surface area contributed by atoms with Crippen molar-refractivity contribution in [2.45, 2.75) is 26.4 Å². The molecule has 0 aliphatic heterocycles. The summed E-state index contributed by atoms with van der Waals surface area (Å²) >= 11 is 0. The van der Waals surface area contributed by atoms with Gasteiger partial charge in [0.2, 0.25) is 0 Å². The molecule has 1 rings (SSSR count). The van der Waals surface area contributed by atoms with Gasteiger partial charge in [0.1, 0.15) is 11.4 Å². The third-order valence-corrected chi connectivity index (χ3v) is 1.67. The highest BCUT2D eigenvalue weighted by Crippen LogP contribution is 2.15. The number of hydrogen-bond donors (Lipinski definition) is 1. The number of halogens is 1. The average Bonchev–Trinajstić information content (AvgIpc) is 2.13. The molecule has 0 saturated heterocycles. The number of ether oxygens (including phenoxy) is 1. The Morgan fingerprint density at radius 3 is 2.59 bits per heavy atom. The van der Waals surface area contributed by atoms with Crippen LogP contribution in [-0.2, 0) is 4.74 Å². The number of nitrogens with zero attached hydrogens (tertiary/aromatic N) is 1. The molecular weight excluding hydrogens is 223 g/mol. The Morgan fingerprint density at radius 1 is 1.41 bits per heavy atom. The fraction of sp³-hybridized carbons (Fsp3) is 0.333. The first-order valence-corrected chi connectivity index (χ1v) is 5.01. The lowest BCUT2D eigenvalue weighted by Crippen LogP contribution is -2.27. The van der Waals surface area contributed by atoms with Gasteiger partial charge < -0.3 is 4.74 Å². The second-order valence-electron chi connectivity index (χ2n) is 4.47. The van der Waals surface area contributed by atoms with Crippen molar-refractivity contribution in [1.29, 1.82) is 5.26 Å². The van der Waals surface area contributed by atoms with Crippen LogP contribution in [0.2, 0.25) is 0 Å². The van der Waals surface area contributed by atoms with Crippen LogP contribution in [0.5, 0.6) is 0 Å². The third kappa shape index (κ3) is 4.51. The largest absolute Gasteiger partial charge is 0.444 e. The van der Waals surface area contributed by atoms with E-state index in [-0.39, 0.29) is 11.3 Å². The molecule has 1 N–H and O–H groups in total. The number of nitriles is 1. The molecule has 0 aliphatic carbocycles.